The van der Waals surface area contributed by atoms with Gasteiger partial charge in [-0.2, -0.15) is 0 Å². The van der Waals surface area contributed by atoms with Gasteiger partial charge in [0, 0.05) is 18.7 Å². The first-order valence-corrected chi connectivity index (χ1v) is 6.83. The monoisotopic (exact) mass is 251 g/mol. The highest BCUT2D eigenvalue weighted by molar-refractivity contribution is 5.03. The molecule has 2 rings (SSSR count). The molecule has 1 aliphatic rings. The average molecular weight is 251 g/mol. The molecule has 1 aromatic heterocycles. The van der Waals surface area contributed by atoms with Crippen molar-refractivity contribution in [2.75, 3.05) is 19.6 Å². The van der Waals surface area contributed by atoms with E-state index in [0.29, 0.717) is 11.5 Å². The van der Waals surface area contributed by atoms with Gasteiger partial charge in [0.2, 0.25) is 0 Å². The Morgan fingerprint density at radius 1 is 1.50 bits per heavy atom. The molecule has 18 heavy (non-hydrogen) atoms. The van der Waals surface area contributed by atoms with Crippen molar-refractivity contribution in [3.63, 3.8) is 0 Å². The second-order valence-corrected chi connectivity index (χ2v) is 6.40. The number of aryl methyl sites for hydroxylation is 1. The number of nitrogens with zero attached hydrogens (tertiary/aromatic N) is 2. The maximum atomic E-state index is 5.32. The third-order valence-electron chi connectivity index (χ3n) is 3.58. The molecule has 1 saturated heterocycles. The SMILES string of the molecule is Cc1cc(CN2CCCNC(C(C)(C)C)C2)on1. The van der Waals surface area contributed by atoms with Gasteiger partial charge in [-0.3, -0.25) is 4.90 Å². The number of rotatable bonds is 2. The van der Waals surface area contributed by atoms with Crippen molar-refractivity contribution in [3.8, 4) is 0 Å². The Morgan fingerprint density at radius 2 is 2.28 bits per heavy atom. The molecule has 1 atom stereocenters. The van der Waals surface area contributed by atoms with Gasteiger partial charge in [-0.05, 0) is 31.8 Å². The quantitative estimate of drug-likeness (QED) is 0.875. The first kappa shape index (κ1) is 13.6. The van der Waals surface area contributed by atoms with Crippen LogP contribution in [0.4, 0.5) is 0 Å². The maximum absolute atomic E-state index is 5.32. The molecule has 0 spiro atoms. The van der Waals surface area contributed by atoms with Gasteiger partial charge in [-0.1, -0.05) is 25.9 Å². The smallest absolute Gasteiger partial charge is 0.150 e. The van der Waals surface area contributed by atoms with Gasteiger partial charge >= 0.3 is 0 Å². The molecule has 1 N–H and O–H groups in total. The van der Waals surface area contributed by atoms with Gasteiger partial charge in [0.1, 0.15) is 0 Å². The summed E-state index contributed by atoms with van der Waals surface area (Å²) >= 11 is 0. The largest absolute Gasteiger partial charge is 0.360 e. The van der Waals surface area contributed by atoms with Gasteiger partial charge in [0.25, 0.3) is 0 Å². The van der Waals surface area contributed by atoms with Gasteiger partial charge in [-0.15, -0.1) is 0 Å². The van der Waals surface area contributed by atoms with E-state index in [0.717, 1.165) is 37.6 Å². The zero-order valence-corrected chi connectivity index (χ0v) is 12.0. The van der Waals surface area contributed by atoms with Crippen molar-refractivity contribution in [1.82, 2.24) is 15.4 Å². The fourth-order valence-corrected chi connectivity index (χ4v) is 2.43. The molecular weight excluding hydrogens is 226 g/mol. The summed E-state index contributed by atoms with van der Waals surface area (Å²) in [6, 6.07) is 2.56. The Hall–Kier alpha value is -0.870. The van der Waals surface area contributed by atoms with Crippen LogP contribution < -0.4 is 5.32 Å². The van der Waals surface area contributed by atoms with Crippen LogP contribution in [0.5, 0.6) is 0 Å². The van der Waals surface area contributed by atoms with E-state index in [4.69, 9.17) is 4.52 Å². The summed E-state index contributed by atoms with van der Waals surface area (Å²) < 4.78 is 5.32. The summed E-state index contributed by atoms with van der Waals surface area (Å²) in [5.74, 6) is 0.974. The van der Waals surface area contributed by atoms with E-state index in [1.165, 1.54) is 6.42 Å². The molecule has 0 radical (unpaired) electrons. The second-order valence-electron chi connectivity index (χ2n) is 6.40. The van der Waals surface area contributed by atoms with Gasteiger partial charge in [-0.25, -0.2) is 0 Å². The standard InChI is InChI=1S/C14H25N3O/c1-11-8-12(18-16-11)9-17-7-5-6-15-13(10-17)14(2,3)4/h8,13,15H,5-7,9-10H2,1-4H3. The van der Waals surface area contributed by atoms with Crippen molar-refractivity contribution in [2.45, 2.75) is 46.7 Å². The third kappa shape index (κ3) is 3.56. The van der Waals surface area contributed by atoms with Crippen molar-refractivity contribution in [1.29, 1.82) is 0 Å². The lowest BCUT2D eigenvalue weighted by Crippen LogP contribution is -2.46. The highest BCUT2D eigenvalue weighted by Gasteiger charge is 2.28. The Labute approximate surface area is 110 Å². The molecule has 0 amide bonds. The molecule has 0 bridgehead atoms. The van der Waals surface area contributed by atoms with E-state index in [1.54, 1.807) is 0 Å². The molecule has 102 valence electrons. The van der Waals surface area contributed by atoms with Crippen LogP contribution in [0.2, 0.25) is 0 Å². The zero-order valence-electron chi connectivity index (χ0n) is 12.0. The number of hydrogen-bond acceptors (Lipinski definition) is 4. The number of nitrogens with one attached hydrogen (secondary N) is 1. The molecule has 0 aromatic carbocycles. The van der Waals surface area contributed by atoms with Gasteiger partial charge < -0.3 is 9.84 Å². The first-order chi connectivity index (χ1) is 8.45. The lowest BCUT2D eigenvalue weighted by Gasteiger charge is -2.33. The van der Waals surface area contributed by atoms with Crippen LogP contribution in [-0.2, 0) is 6.54 Å². The number of aromatic nitrogens is 1. The van der Waals surface area contributed by atoms with E-state index in [2.05, 4.69) is 36.1 Å². The predicted octanol–water partition coefficient (Wildman–Crippen LogP) is 2.19. The Bertz CT molecular complexity index is 381. The fraction of sp³-hybridized carbons (Fsp3) is 0.786. The van der Waals surface area contributed by atoms with Crippen molar-refractivity contribution < 1.29 is 4.52 Å². The summed E-state index contributed by atoms with van der Waals surface area (Å²) in [6.07, 6.45) is 1.19. The minimum Gasteiger partial charge on any atom is -0.360 e. The van der Waals surface area contributed by atoms with Crippen LogP contribution in [-0.4, -0.2) is 35.7 Å². The Kier molecular flexibility index (Phi) is 4.07. The number of hydrogen-bond donors (Lipinski definition) is 1. The molecule has 1 unspecified atom stereocenters. The summed E-state index contributed by atoms with van der Waals surface area (Å²) in [4.78, 5) is 2.47. The first-order valence-electron chi connectivity index (χ1n) is 6.83. The third-order valence-corrected chi connectivity index (χ3v) is 3.58. The summed E-state index contributed by atoms with van der Waals surface area (Å²) in [7, 11) is 0. The van der Waals surface area contributed by atoms with E-state index >= 15 is 0 Å². The summed E-state index contributed by atoms with van der Waals surface area (Å²) in [5.41, 5.74) is 1.25. The summed E-state index contributed by atoms with van der Waals surface area (Å²) in [5, 5.41) is 7.61. The molecule has 4 nitrogen and oxygen atoms in total. The molecule has 1 aliphatic heterocycles. The highest BCUT2D eigenvalue weighted by atomic mass is 16.5. The average Bonchev–Trinajstić information content (AvgIpc) is 2.53. The minimum absolute atomic E-state index is 0.292. The van der Waals surface area contributed by atoms with Crippen molar-refractivity contribution >= 4 is 0 Å². The topological polar surface area (TPSA) is 41.3 Å². The molecule has 4 heteroatoms. The molecular formula is C14H25N3O. The van der Waals surface area contributed by atoms with Crippen LogP contribution in [0.25, 0.3) is 0 Å². The van der Waals surface area contributed by atoms with E-state index in [1.807, 2.05) is 13.0 Å². The van der Waals surface area contributed by atoms with E-state index in [9.17, 15) is 0 Å². The van der Waals surface area contributed by atoms with Crippen LogP contribution >= 0.6 is 0 Å². The van der Waals surface area contributed by atoms with E-state index in [-0.39, 0.29) is 0 Å². The highest BCUT2D eigenvalue weighted by Crippen LogP contribution is 2.22. The van der Waals surface area contributed by atoms with Gasteiger partial charge in [0.15, 0.2) is 5.76 Å². The predicted molar refractivity (Wildman–Crippen MR) is 72.4 cm³/mol. The van der Waals surface area contributed by atoms with Gasteiger partial charge in [0.05, 0.1) is 12.2 Å². The minimum atomic E-state index is 0.292. The fourth-order valence-electron chi connectivity index (χ4n) is 2.43. The molecule has 1 aromatic rings. The van der Waals surface area contributed by atoms with Crippen LogP contribution in [0.15, 0.2) is 10.6 Å². The Morgan fingerprint density at radius 3 is 2.89 bits per heavy atom. The lowest BCUT2D eigenvalue weighted by molar-refractivity contribution is 0.178. The summed E-state index contributed by atoms with van der Waals surface area (Å²) in [6.45, 7) is 13.0. The lowest BCUT2D eigenvalue weighted by atomic mass is 9.86. The molecule has 2 heterocycles. The second kappa shape index (κ2) is 5.41. The van der Waals surface area contributed by atoms with Crippen LogP contribution in [0.1, 0.15) is 38.6 Å². The Balaban J connectivity index is 1.99. The van der Waals surface area contributed by atoms with E-state index < -0.39 is 0 Å². The molecule has 0 saturated carbocycles. The maximum Gasteiger partial charge on any atom is 0.150 e. The zero-order chi connectivity index (χ0) is 13.2. The molecule has 0 aliphatic carbocycles. The van der Waals surface area contributed by atoms with Crippen LogP contribution in [0, 0.1) is 12.3 Å². The van der Waals surface area contributed by atoms with Crippen molar-refractivity contribution in [2.24, 2.45) is 5.41 Å². The van der Waals surface area contributed by atoms with Crippen molar-refractivity contribution in [3.05, 3.63) is 17.5 Å². The normalized spacial score (nSPS) is 23.0. The molecule has 1 fully saturated rings. The van der Waals surface area contributed by atoms with Crippen LogP contribution in [0.3, 0.4) is 0 Å².